The Kier molecular flexibility index (Phi) is 10.7. The molecule has 2 saturated heterocycles. The van der Waals surface area contributed by atoms with Gasteiger partial charge in [0.15, 0.2) is 11.5 Å². The first kappa shape index (κ1) is 29.4. The van der Waals surface area contributed by atoms with E-state index in [2.05, 4.69) is 5.32 Å². The van der Waals surface area contributed by atoms with Crippen LogP contribution in [0.3, 0.4) is 0 Å². The Labute approximate surface area is 232 Å². The number of nitrogens with one attached hydrogen (secondary N) is 1. The van der Waals surface area contributed by atoms with E-state index in [1.807, 2.05) is 23.6 Å². The lowest BCUT2D eigenvalue weighted by Crippen LogP contribution is -2.45. The highest BCUT2D eigenvalue weighted by Gasteiger charge is 2.40. The van der Waals surface area contributed by atoms with E-state index in [-0.39, 0.29) is 35.9 Å². The van der Waals surface area contributed by atoms with Gasteiger partial charge in [-0.2, -0.15) is 0 Å². The number of amides is 2. The van der Waals surface area contributed by atoms with Gasteiger partial charge in [-0.15, -0.1) is 0 Å². The van der Waals surface area contributed by atoms with Crippen LogP contribution in [-0.2, 0) is 14.2 Å². The van der Waals surface area contributed by atoms with Crippen LogP contribution < -0.4 is 14.8 Å². The molecule has 1 aromatic rings. The zero-order valence-electron chi connectivity index (χ0n) is 23.9. The number of hydrogen-bond acceptors (Lipinski definition) is 8. The smallest absolute Gasteiger partial charge is 0.412 e. The van der Waals surface area contributed by atoms with Gasteiger partial charge < -0.3 is 38.8 Å². The number of carbonyl (C=O) groups excluding carboxylic acids is 2. The topological polar surface area (TPSA) is 98.8 Å². The molecule has 1 saturated carbocycles. The lowest BCUT2D eigenvalue weighted by molar-refractivity contribution is -0.0797. The van der Waals surface area contributed by atoms with E-state index in [0.717, 1.165) is 45.2 Å². The predicted octanol–water partition coefficient (Wildman–Crippen LogP) is 3.53. The van der Waals surface area contributed by atoms with Crippen LogP contribution in [0.25, 0.3) is 0 Å². The summed E-state index contributed by atoms with van der Waals surface area (Å²) in [6, 6.07) is 5.59. The predicted molar refractivity (Wildman–Crippen MR) is 146 cm³/mol. The van der Waals surface area contributed by atoms with Crippen molar-refractivity contribution in [3.8, 4) is 11.5 Å². The molecule has 0 bridgehead atoms. The summed E-state index contributed by atoms with van der Waals surface area (Å²) < 4.78 is 27.6. The maximum absolute atomic E-state index is 13.7. The van der Waals surface area contributed by atoms with Crippen LogP contribution in [0.1, 0.15) is 56.3 Å². The molecular formula is C29H45N3O7. The van der Waals surface area contributed by atoms with E-state index in [4.69, 9.17) is 23.7 Å². The third-order valence-corrected chi connectivity index (χ3v) is 7.73. The molecule has 0 spiro atoms. The van der Waals surface area contributed by atoms with Gasteiger partial charge in [-0.05, 0) is 63.1 Å². The van der Waals surface area contributed by atoms with Gasteiger partial charge in [0, 0.05) is 70.4 Å². The molecule has 1 N–H and O–H groups in total. The standard InChI is InChI=1S/C29H45N3O7/c1-20(2)31(28(33)21-8-11-25(36-4)26(15-21)37-14-6-12-35-3)18-22-16-30-17-23(22)19-32(24-9-10-24)29(34)39-27-7-5-13-38-27/h8,11,15,20,22-24,27,30H,5-7,9-10,12-14,16-19H2,1-4H3/t22-,23-,27?/m0/s1. The molecule has 3 fully saturated rings. The fraction of sp³-hybridized carbons (Fsp3) is 0.724. The summed E-state index contributed by atoms with van der Waals surface area (Å²) in [7, 11) is 3.25. The van der Waals surface area contributed by atoms with Crippen LogP contribution >= 0.6 is 0 Å². The lowest BCUT2D eigenvalue weighted by Gasteiger charge is -2.33. The summed E-state index contributed by atoms with van der Waals surface area (Å²) in [5.41, 5.74) is 0.563. The summed E-state index contributed by atoms with van der Waals surface area (Å²) in [6.45, 7) is 8.62. The SMILES string of the molecule is COCCCOc1cc(C(=O)N(C[C@@H]2CNC[C@H]2CN(C(=O)OC2CCCO2)C2CC2)C(C)C)ccc1OC. The van der Waals surface area contributed by atoms with Crippen molar-refractivity contribution in [3.63, 3.8) is 0 Å². The van der Waals surface area contributed by atoms with Crippen LogP contribution in [0.2, 0.25) is 0 Å². The third kappa shape index (κ3) is 7.99. The van der Waals surface area contributed by atoms with Gasteiger partial charge in [0.25, 0.3) is 5.91 Å². The molecule has 2 amide bonds. The third-order valence-electron chi connectivity index (χ3n) is 7.73. The number of hydrogen-bond donors (Lipinski definition) is 1. The summed E-state index contributed by atoms with van der Waals surface area (Å²) in [4.78, 5) is 30.6. The minimum absolute atomic E-state index is 0.0101. The van der Waals surface area contributed by atoms with Crippen LogP contribution in [0.15, 0.2) is 18.2 Å². The maximum Gasteiger partial charge on any atom is 0.412 e. The first-order chi connectivity index (χ1) is 18.9. The summed E-state index contributed by atoms with van der Waals surface area (Å²) in [5.74, 6) is 1.55. The Bertz CT molecular complexity index is 949. The number of methoxy groups -OCH3 is 2. The largest absolute Gasteiger partial charge is 0.493 e. The molecule has 1 aliphatic carbocycles. The summed E-state index contributed by atoms with van der Waals surface area (Å²) >= 11 is 0. The van der Waals surface area contributed by atoms with Crippen LogP contribution in [0.5, 0.6) is 11.5 Å². The number of carbonyl (C=O) groups is 2. The highest BCUT2D eigenvalue weighted by Crippen LogP contribution is 2.32. The molecule has 2 heterocycles. The maximum atomic E-state index is 13.7. The zero-order chi connectivity index (χ0) is 27.8. The average molecular weight is 548 g/mol. The van der Waals surface area contributed by atoms with Crippen molar-refractivity contribution in [1.82, 2.24) is 15.1 Å². The van der Waals surface area contributed by atoms with Gasteiger partial charge in [0.1, 0.15) is 0 Å². The molecule has 10 heteroatoms. The molecule has 3 atom stereocenters. The van der Waals surface area contributed by atoms with Gasteiger partial charge in [-0.3, -0.25) is 4.79 Å². The van der Waals surface area contributed by atoms with E-state index in [9.17, 15) is 9.59 Å². The molecule has 3 aliphatic rings. The Morgan fingerprint density at radius 1 is 1.05 bits per heavy atom. The Morgan fingerprint density at radius 3 is 2.46 bits per heavy atom. The van der Waals surface area contributed by atoms with Crippen LogP contribution in [0, 0.1) is 11.8 Å². The number of benzene rings is 1. The van der Waals surface area contributed by atoms with Crippen molar-refractivity contribution in [2.75, 3.05) is 60.2 Å². The van der Waals surface area contributed by atoms with Crippen molar-refractivity contribution < 1.29 is 33.3 Å². The number of ether oxygens (including phenoxy) is 5. The average Bonchev–Trinajstić information content (AvgIpc) is 3.45. The van der Waals surface area contributed by atoms with Gasteiger partial charge in [0.2, 0.25) is 6.29 Å². The first-order valence-electron chi connectivity index (χ1n) is 14.3. The molecule has 0 radical (unpaired) electrons. The quantitative estimate of drug-likeness (QED) is 0.353. The van der Waals surface area contributed by atoms with Crippen molar-refractivity contribution in [2.45, 2.75) is 64.3 Å². The van der Waals surface area contributed by atoms with Crippen molar-refractivity contribution in [2.24, 2.45) is 11.8 Å². The number of nitrogens with zero attached hydrogens (tertiary/aromatic N) is 2. The molecule has 1 aromatic carbocycles. The Morgan fingerprint density at radius 2 is 1.82 bits per heavy atom. The van der Waals surface area contributed by atoms with E-state index < -0.39 is 6.29 Å². The second-order valence-electron chi connectivity index (χ2n) is 11.0. The van der Waals surface area contributed by atoms with E-state index in [0.29, 0.717) is 50.0 Å². The van der Waals surface area contributed by atoms with E-state index in [1.165, 1.54) is 0 Å². The van der Waals surface area contributed by atoms with Crippen molar-refractivity contribution in [1.29, 1.82) is 0 Å². The number of rotatable bonds is 14. The molecule has 4 rings (SSSR count). The molecule has 218 valence electrons. The van der Waals surface area contributed by atoms with Gasteiger partial charge in [-0.25, -0.2) is 4.79 Å². The second kappa shape index (κ2) is 14.2. The fourth-order valence-electron chi connectivity index (χ4n) is 5.30. The molecule has 10 nitrogen and oxygen atoms in total. The van der Waals surface area contributed by atoms with Crippen molar-refractivity contribution >= 4 is 12.0 Å². The second-order valence-corrected chi connectivity index (χ2v) is 11.0. The summed E-state index contributed by atoms with van der Waals surface area (Å²) in [5, 5.41) is 3.49. The highest BCUT2D eigenvalue weighted by atomic mass is 16.7. The lowest BCUT2D eigenvalue weighted by atomic mass is 9.94. The zero-order valence-corrected chi connectivity index (χ0v) is 23.9. The van der Waals surface area contributed by atoms with E-state index >= 15 is 0 Å². The summed E-state index contributed by atoms with van der Waals surface area (Å²) in [6.07, 6.45) is 3.74. The fourth-order valence-corrected chi connectivity index (χ4v) is 5.30. The van der Waals surface area contributed by atoms with Crippen LogP contribution in [0.4, 0.5) is 4.79 Å². The van der Waals surface area contributed by atoms with Gasteiger partial charge >= 0.3 is 6.09 Å². The monoisotopic (exact) mass is 547 g/mol. The van der Waals surface area contributed by atoms with Crippen LogP contribution in [-0.4, -0.2) is 100 Å². The Balaban J connectivity index is 1.41. The molecular weight excluding hydrogens is 502 g/mol. The van der Waals surface area contributed by atoms with Crippen molar-refractivity contribution in [3.05, 3.63) is 23.8 Å². The minimum atomic E-state index is -0.427. The van der Waals surface area contributed by atoms with E-state index in [1.54, 1.807) is 32.4 Å². The molecule has 39 heavy (non-hydrogen) atoms. The molecule has 1 unspecified atom stereocenters. The molecule has 2 aliphatic heterocycles. The molecule has 0 aromatic heterocycles. The van der Waals surface area contributed by atoms with Gasteiger partial charge in [0.05, 0.1) is 20.3 Å². The van der Waals surface area contributed by atoms with Gasteiger partial charge in [-0.1, -0.05) is 0 Å². The normalized spacial score (nSPS) is 22.6. The minimum Gasteiger partial charge on any atom is -0.493 e. The Hall–Kier alpha value is -2.56. The highest BCUT2D eigenvalue weighted by molar-refractivity contribution is 5.95. The first-order valence-corrected chi connectivity index (χ1v) is 14.3.